The number of benzene rings is 1. The Kier molecular flexibility index (Phi) is 7.32. The summed E-state index contributed by atoms with van der Waals surface area (Å²) in [7, 11) is 0. The number of rotatable bonds is 6. The molecule has 0 radical (unpaired) electrons. The quantitative estimate of drug-likeness (QED) is 0.490. The van der Waals surface area contributed by atoms with Gasteiger partial charge in [0.05, 0.1) is 22.2 Å². The monoisotopic (exact) mass is 480 g/mol. The molecule has 8 heteroatoms. The summed E-state index contributed by atoms with van der Waals surface area (Å²) in [4.78, 5) is 0. The maximum absolute atomic E-state index is 5.77. The van der Waals surface area contributed by atoms with Crippen molar-refractivity contribution in [2.75, 3.05) is 13.2 Å². The third-order valence-electron chi connectivity index (χ3n) is 1.74. The van der Waals surface area contributed by atoms with Gasteiger partial charge in [0, 0.05) is 16.3 Å². The predicted octanol–water partition coefficient (Wildman–Crippen LogP) is 5.65. The topological polar surface area (TPSA) is 27.7 Å². The second kappa shape index (κ2) is 7.72. The summed E-state index contributed by atoms with van der Waals surface area (Å²) in [5.41, 5.74) is 0. The molecule has 18 heavy (non-hydrogen) atoms. The highest BCUT2D eigenvalue weighted by Crippen LogP contribution is 2.53. The molecule has 102 valence electrons. The molecule has 0 unspecified atom stereocenters. The highest BCUT2D eigenvalue weighted by molar-refractivity contribution is 9.11. The van der Waals surface area contributed by atoms with Crippen LogP contribution in [-0.4, -0.2) is 13.2 Å². The lowest BCUT2D eigenvalue weighted by molar-refractivity contribution is 0.217. The molecule has 0 aliphatic heterocycles. The third-order valence-corrected chi connectivity index (χ3v) is 5.79. The average molecular weight is 483 g/mol. The molecule has 0 aliphatic carbocycles. The van der Waals surface area contributed by atoms with Crippen molar-refractivity contribution in [1.82, 2.24) is 0 Å². The van der Waals surface area contributed by atoms with Crippen molar-refractivity contribution in [3.8, 4) is 5.75 Å². The first-order valence-corrected chi connectivity index (χ1v) is 10.1. The largest absolute Gasteiger partial charge is 0.422 e. The van der Waals surface area contributed by atoms with Crippen molar-refractivity contribution in [1.29, 1.82) is 0 Å². The minimum absolute atomic E-state index is 0.447. The van der Waals surface area contributed by atoms with Crippen LogP contribution in [0.15, 0.2) is 25.6 Å². The van der Waals surface area contributed by atoms with Crippen molar-refractivity contribution >= 4 is 66.3 Å². The minimum atomic E-state index is -2.75. The van der Waals surface area contributed by atoms with Gasteiger partial charge in [-0.1, -0.05) is 15.9 Å². The molecule has 0 saturated heterocycles. The highest BCUT2D eigenvalue weighted by Gasteiger charge is 2.24. The number of hydrogen-bond acceptors (Lipinski definition) is 4. The summed E-state index contributed by atoms with van der Waals surface area (Å²) in [6, 6.07) is 3.75. The lowest BCUT2D eigenvalue weighted by Gasteiger charge is -2.22. The fraction of sp³-hybridized carbons (Fsp3) is 0.400. The van der Waals surface area contributed by atoms with E-state index in [1.165, 1.54) is 0 Å². The van der Waals surface area contributed by atoms with Crippen LogP contribution in [0.4, 0.5) is 0 Å². The zero-order chi connectivity index (χ0) is 13.8. The van der Waals surface area contributed by atoms with Crippen molar-refractivity contribution in [3.63, 3.8) is 0 Å². The molecule has 0 aromatic heterocycles. The van der Waals surface area contributed by atoms with Crippen molar-refractivity contribution < 1.29 is 13.6 Å². The molecule has 0 atom stereocenters. The van der Waals surface area contributed by atoms with Gasteiger partial charge in [-0.15, -0.1) is 0 Å². The van der Waals surface area contributed by atoms with Gasteiger partial charge in [0.25, 0.3) is 0 Å². The highest BCUT2D eigenvalue weighted by atomic mass is 79.9. The fourth-order valence-corrected chi connectivity index (χ4v) is 5.89. The standard InChI is InChI=1S/C10H12Br3O3PS/c1-3-14-17(18,15-4-2)16-10-8(12)5-7(11)6-9(10)13/h5-6H,3-4H2,1-2H3. The van der Waals surface area contributed by atoms with Crippen LogP contribution >= 0.6 is 54.5 Å². The Morgan fingerprint density at radius 2 is 1.50 bits per heavy atom. The van der Waals surface area contributed by atoms with Crippen LogP contribution < -0.4 is 4.52 Å². The van der Waals surface area contributed by atoms with Crippen LogP contribution in [0.3, 0.4) is 0 Å². The minimum Gasteiger partial charge on any atom is -0.422 e. The van der Waals surface area contributed by atoms with Gasteiger partial charge in [0.2, 0.25) is 0 Å². The van der Waals surface area contributed by atoms with Gasteiger partial charge in [-0.2, -0.15) is 0 Å². The van der Waals surface area contributed by atoms with Crippen LogP contribution in [-0.2, 0) is 20.9 Å². The Hall–Kier alpha value is 1.03. The molecule has 1 rings (SSSR count). The van der Waals surface area contributed by atoms with E-state index in [1.807, 2.05) is 26.0 Å². The molecule has 0 aliphatic rings. The predicted molar refractivity (Wildman–Crippen MR) is 87.7 cm³/mol. The van der Waals surface area contributed by atoms with Crippen LogP contribution in [0.1, 0.15) is 13.8 Å². The SMILES string of the molecule is CCOP(=S)(OCC)Oc1c(Br)cc(Br)cc1Br. The Labute approximate surface area is 137 Å². The summed E-state index contributed by atoms with van der Waals surface area (Å²) in [5.74, 6) is 0.587. The third kappa shape index (κ3) is 4.85. The second-order valence-electron chi connectivity index (χ2n) is 3.07. The van der Waals surface area contributed by atoms with E-state index in [-0.39, 0.29) is 0 Å². The van der Waals surface area contributed by atoms with Crippen LogP contribution in [0, 0.1) is 0 Å². The van der Waals surface area contributed by atoms with Crippen molar-refractivity contribution in [3.05, 3.63) is 25.6 Å². The molecule has 0 N–H and O–H groups in total. The molecule has 1 aromatic rings. The second-order valence-corrected chi connectivity index (χ2v) is 8.63. The number of hydrogen-bond donors (Lipinski definition) is 0. The van der Waals surface area contributed by atoms with Crippen LogP contribution in [0.25, 0.3) is 0 Å². The molecule has 3 nitrogen and oxygen atoms in total. The summed E-state index contributed by atoms with van der Waals surface area (Å²) in [5, 5.41) is 0. The molecule has 0 fully saturated rings. The summed E-state index contributed by atoms with van der Waals surface area (Å²) in [6.45, 7) is 1.86. The molecule has 1 aromatic carbocycles. The van der Waals surface area contributed by atoms with Crippen LogP contribution in [0.2, 0.25) is 0 Å². The lowest BCUT2D eigenvalue weighted by atomic mass is 10.3. The van der Waals surface area contributed by atoms with E-state index in [1.54, 1.807) is 0 Å². The Morgan fingerprint density at radius 3 is 1.89 bits per heavy atom. The van der Waals surface area contributed by atoms with E-state index in [4.69, 9.17) is 25.4 Å². The first-order valence-electron chi connectivity index (χ1n) is 5.15. The smallest absolute Gasteiger partial charge is 0.380 e. The molecular formula is C10H12Br3O3PS. The Bertz CT molecular complexity index is 437. The van der Waals surface area contributed by atoms with E-state index in [9.17, 15) is 0 Å². The Balaban J connectivity index is 3.04. The van der Waals surface area contributed by atoms with E-state index >= 15 is 0 Å². The van der Waals surface area contributed by atoms with Gasteiger partial charge >= 0.3 is 6.72 Å². The lowest BCUT2D eigenvalue weighted by Crippen LogP contribution is -2.02. The van der Waals surface area contributed by atoms with E-state index < -0.39 is 6.72 Å². The maximum atomic E-state index is 5.77. The van der Waals surface area contributed by atoms with E-state index in [2.05, 4.69) is 47.8 Å². The van der Waals surface area contributed by atoms with Gasteiger partial charge in [-0.3, -0.25) is 9.05 Å². The zero-order valence-corrected chi connectivity index (χ0v) is 16.3. The molecule has 0 bridgehead atoms. The van der Waals surface area contributed by atoms with Gasteiger partial charge in [0.15, 0.2) is 5.75 Å². The van der Waals surface area contributed by atoms with E-state index in [0.717, 1.165) is 13.4 Å². The molecule has 0 spiro atoms. The normalized spacial score (nSPS) is 11.6. The molecule has 0 amide bonds. The van der Waals surface area contributed by atoms with Crippen molar-refractivity contribution in [2.24, 2.45) is 0 Å². The number of halogens is 3. The Morgan fingerprint density at radius 1 is 1.06 bits per heavy atom. The van der Waals surface area contributed by atoms with Gasteiger partial charge in [0.1, 0.15) is 0 Å². The fourth-order valence-electron chi connectivity index (χ4n) is 1.13. The van der Waals surface area contributed by atoms with E-state index in [0.29, 0.717) is 19.0 Å². The van der Waals surface area contributed by atoms with Crippen LogP contribution in [0.5, 0.6) is 5.75 Å². The first kappa shape index (κ1) is 17.1. The summed E-state index contributed by atoms with van der Waals surface area (Å²) in [6.07, 6.45) is 0. The zero-order valence-electron chi connectivity index (χ0n) is 9.78. The average Bonchev–Trinajstić information content (AvgIpc) is 2.24. The van der Waals surface area contributed by atoms with Gasteiger partial charge in [-0.05, 0) is 57.8 Å². The first-order chi connectivity index (χ1) is 8.41. The summed E-state index contributed by atoms with van der Waals surface area (Å²) >= 11 is 15.6. The molecule has 0 heterocycles. The molecular weight excluding hydrogens is 471 g/mol. The maximum Gasteiger partial charge on any atom is 0.380 e. The molecule has 0 saturated carbocycles. The summed E-state index contributed by atoms with van der Waals surface area (Å²) < 4.78 is 19.1. The van der Waals surface area contributed by atoms with Crippen molar-refractivity contribution in [2.45, 2.75) is 13.8 Å². The van der Waals surface area contributed by atoms with Gasteiger partial charge in [-0.25, -0.2) is 0 Å². The van der Waals surface area contributed by atoms with Gasteiger partial charge < -0.3 is 4.52 Å².